The number of piperidine rings is 1. The van der Waals surface area contributed by atoms with E-state index >= 15 is 0 Å². The normalized spacial score (nSPS) is 24.9. The van der Waals surface area contributed by atoms with Gasteiger partial charge in [0.25, 0.3) is 11.8 Å². The van der Waals surface area contributed by atoms with Gasteiger partial charge in [0.2, 0.25) is 11.4 Å². The first kappa shape index (κ1) is 17.4. The average molecular weight is 387 g/mol. The molecule has 0 bridgehead atoms. The Labute approximate surface area is 166 Å². The van der Waals surface area contributed by atoms with Gasteiger partial charge in [-0.2, -0.15) is 0 Å². The Bertz CT molecular complexity index is 1250. The Morgan fingerprint density at radius 3 is 2.93 bits per heavy atom. The van der Waals surface area contributed by atoms with Crippen LogP contribution in [-0.4, -0.2) is 54.9 Å². The van der Waals surface area contributed by atoms with Gasteiger partial charge in [-0.05, 0) is 24.6 Å². The van der Waals surface area contributed by atoms with Gasteiger partial charge in [-0.15, -0.1) is 0 Å². The Morgan fingerprint density at radius 2 is 2.21 bits per heavy atom. The monoisotopic (exact) mass is 387 g/mol. The van der Waals surface area contributed by atoms with Crippen LogP contribution in [0.4, 0.5) is 0 Å². The number of nitrogens with zero attached hydrogens (tertiary/aromatic N) is 4. The molecule has 1 saturated carbocycles. The highest BCUT2D eigenvalue weighted by Crippen LogP contribution is 2.50. The summed E-state index contributed by atoms with van der Waals surface area (Å²) in [6, 6.07) is 8.97. The third kappa shape index (κ3) is 2.52. The third-order valence-corrected chi connectivity index (χ3v) is 5.59. The Balaban J connectivity index is 1.55. The van der Waals surface area contributed by atoms with Crippen molar-refractivity contribution in [1.82, 2.24) is 19.3 Å². The summed E-state index contributed by atoms with van der Waals surface area (Å²) in [5.41, 5.74) is 6.13. The Morgan fingerprint density at radius 1 is 1.38 bits per heavy atom. The van der Waals surface area contributed by atoms with E-state index in [1.54, 1.807) is 53.0 Å². The van der Waals surface area contributed by atoms with Crippen molar-refractivity contribution in [3.05, 3.63) is 54.1 Å². The quantitative estimate of drug-likeness (QED) is 0.620. The number of likely N-dealkylation sites (N-methyl/N-ethyl adjacent to an activating group) is 1. The third-order valence-electron chi connectivity index (χ3n) is 5.59. The van der Waals surface area contributed by atoms with Crippen molar-refractivity contribution in [3.8, 4) is 23.1 Å². The van der Waals surface area contributed by atoms with Gasteiger partial charge in [-0.25, -0.2) is 9.97 Å². The van der Waals surface area contributed by atoms with Crippen molar-refractivity contribution >= 4 is 17.5 Å². The molecule has 0 spiro atoms. The minimum Gasteiger partial charge on any atom is -0.369 e. The molecule has 8 heteroatoms. The number of imidazole rings is 1. The van der Waals surface area contributed by atoms with Crippen LogP contribution < -0.4 is 5.73 Å². The van der Waals surface area contributed by atoms with Crippen LogP contribution in [0.15, 0.2) is 42.7 Å². The van der Waals surface area contributed by atoms with Crippen LogP contribution in [0.1, 0.15) is 22.6 Å². The summed E-state index contributed by atoms with van der Waals surface area (Å²) in [4.78, 5) is 34.3. The van der Waals surface area contributed by atoms with Gasteiger partial charge in [-0.1, -0.05) is 24.0 Å². The molecule has 3 N–H and O–H groups in total. The van der Waals surface area contributed by atoms with Crippen LogP contribution in [0.25, 0.3) is 16.9 Å². The lowest BCUT2D eigenvalue weighted by molar-refractivity contribution is -0.140. The van der Waals surface area contributed by atoms with Gasteiger partial charge >= 0.3 is 0 Å². The number of carbonyl (C=O) groups is 2. The largest absolute Gasteiger partial charge is 0.369 e. The molecule has 2 aromatic heterocycles. The van der Waals surface area contributed by atoms with Gasteiger partial charge in [0, 0.05) is 42.5 Å². The van der Waals surface area contributed by atoms with E-state index in [-0.39, 0.29) is 23.7 Å². The molecule has 0 unspecified atom stereocenters. The van der Waals surface area contributed by atoms with E-state index < -0.39 is 11.5 Å². The second kappa shape index (κ2) is 5.90. The fourth-order valence-corrected chi connectivity index (χ4v) is 3.99. The van der Waals surface area contributed by atoms with Crippen molar-refractivity contribution in [1.29, 1.82) is 0 Å². The van der Waals surface area contributed by atoms with E-state index in [0.29, 0.717) is 22.5 Å². The molecule has 1 saturated heterocycles. The van der Waals surface area contributed by atoms with Crippen molar-refractivity contribution in [3.63, 3.8) is 0 Å². The van der Waals surface area contributed by atoms with E-state index in [2.05, 4.69) is 21.8 Å². The summed E-state index contributed by atoms with van der Waals surface area (Å²) in [6.45, 7) is 0. The van der Waals surface area contributed by atoms with Crippen LogP contribution in [0.3, 0.4) is 0 Å². The molecule has 29 heavy (non-hydrogen) atoms. The Hall–Kier alpha value is -3.70. The molecule has 1 aliphatic heterocycles. The van der Waals surface area contributed by atoms with Crippen LogP contribution in [0.5, 0.6) is 0 Å². The average Bonchev–Trinajstić information content (AvgIpc) is 3.40. The molecule has 3 aromatic rings. The Kier molecular flexibility index (Phi) is 3.54. The number of likely N-dealkylation sites (tertiary alicyclic amines) is 1. The predicted molar refractivity (Wildman–Crippen MR) is 103 cm³/mol. The summed E-state index contributed by atoms with van der Waals surface area (Å²) in [5.74, 6) is 4.67. The summed E-state index contributed by atoms with van der Waals surface area (Å²) >= 11 is 0. The van der Waals surface area contributed by atoms with Crippen molar-refractivity contribution < 1.29 is 14.7 Å². The van der Waals surface area contributed by atoms with Gasteiger partial charge in [-0.3, -0.25) is 14.0 Å². The number of hydrogen-bond acceptors (Lipinski definition) is 5. The van der Waals surface area contributed by atoms with Crippen molar-refractivity contribution in [2.75, 3.05) is 7.05 Å². The summed E-state index contributed by atoms with van der Waals surface area (Å²) in [6.07, 6.45) is 4.06. The standard InChI is InChI=1S/C21H17N5O3/c1-25-15-11-14(15)21(29,20(25)28)7-6-12-4-2-5-13(10-12)16-18-23-8-3-9-26(18)19(24-16)17(22)27/h2-5,8-10,14-15,29H,11H2,1H3,(H2,22,27)/t14-,15+,21-/m0/s1. The molecule has 3 atom stereocenters. The lowest BCUT2D eigenvalue weighted by atomic mass is 9.98. The number of nitrogens with two attached hydrogens (primary N) is 1. The smallest absolute Gasteiger partial charge is 0.285 e. The number of aromatic nitrogens is 3. The molecular formula is C21H17N5O3. The highest BCUT2D eigenvalue weighted by atomic mass is 16.3. The number of fused-ring (bicyclic) bond motifs is 2. The molecule has 0 radical (unpaired) electrons. The molecule has 2 amide bonds. The number of aliphatic hydroxyl groups is 1. The van der Waals surface area contributed by atoms with Crippen molar-refractivity contribution in [2.45, 2.75) is 18.1 Å². The minimum atomic E-state index is -1.63. The SMILES string of the molecule is CN1C(=O)[C@](O)(C#Cc2cccc(-c3nc(C(N)=O)n4cccnc34)c2)[C@H]2C[C@H]21. The van der Waals surface area contributed by atoms with Gasteiger partial charge < -0.3 is 15.7 Å². The first-order valence-electron chi connectivity index (χ1n) is 9.16. The summed E-state index contributed by atoms with van der Waals surface area (Å²) < 4.78 is 1.54. The molecule has 2 aliphatic rings. The second-order valence-electron chi connectivity index (χ2n) is 7.38. The summed E-state index contributed by atoms with van der Waals surface area (Å²) in [7, 11) is 1.69. The van der Waals surface area contributed by atoms with Crippen molar-refractivity contribution in [2.24, 2.45) is 11.7 Å². The maximum absolute atomic E-state index is 12.3. The van der Waals surface area contributed by atoms with E-state index in [1.807, 2.05) is 6.07 Å². The minimum absolute atomic E-state index is 0.0864. The van der Waals surface area contributed by atoms with Crippen LogP contribution in [-0.2, 0) is 4.79 Å². The molecule has 8 nitrogen and oxygen atoms in total. The zero-order chi connectivity index (χ0) is 20.3. The molecule has 2 fully saturated rings. The number of carbonyl (C=O) groups excluding carboxylic acids is 2. The number of amides is 2. The van der Waals surface area contributed by atoms with Crippen LogP contribution >= 0.6 is 0 Å². The fourth-order valence-electron chi connectivity index (χ4n) is 3.99. The number of hydrogen-bond donors (Lipinski definition) is 2. The maximum Gasteiger partial charge on any atom is 0.285 e. The zero-order valence-electron chi connectivity index (χ0n) is 15.5. The van der Waals surface area contributed by atoms with E-state index in [9.17, 15) is 14.7 Å². The first-order chi connectivity index (χ1) is 13.9. The van der Waals surface area contributed by atoms with Gasteiger partial charge in [0.1, 0.15) is 5.69 Å². The second-order valence-corrected chi connectivity index (χ2v) is 7.38. The zero-order valence-corrected chi connectivity index (χ0v) is 15.5. The lowest BCUT2D eigenvalue weighted by Gasteiger charge is -2.18. The van der Waals surface area contributed by atoms with Crippen LogP contribution in [0, 0.1) is 17.8 Å². The molecule has 3 heterocycles. The molecule has 144 valence electrons. The van der Waals surface area contributed by atoms with Crippen LogP contribution in [0.2, 0.25) is 0 Å². The van der Waals surface area contributed by atoms with Gasteiger partial charge in [0.15, 0.2) is 5.65 Å². The number of benzene rings is 1. The number of rotatable bonds is 2. The highest BCUT2D eigenvalue weighted by Gasteiger charge is 2.66. The van der Waals surface area contributed by atoms with E-state index in [4.69, 9.17) is 5.73 Å². The number of primary amides is 1. The van der Waals surface area contributed by atoms with Gasteiger partial charge in [0.05, 0.1) is 0 Å². The topological polar surface area (TPSA) is 114 Å². The molecule has 1 aliphatic carbocycles. The highest BCUT2D eigenvalue weighted by molar-refractivity contribution is 5.94. The molecular weight excluding hydrogens is 370 g/mol. The maximum atomic E-state index is 12.3. The first-order valence-corrected chi connectivity index (χ1v) is 9.16. The summed E-state index contributed by atoms with van der Waals surface area (Å²) in [5, 5.41) is 10.8. The van der Waals surface area contributed by atoms with E-state index in [0.717, 1.165) is 6.42 Å². The molecule has 1 aromatic carbocycles. The van der Waals surface area contributed by atoms with E-state index in [1.165, 1.54) is 0 Å². The molecule has 5 rings (SSSR count). The predicted octanol–water partition coefficient (Wildman–Crippen LogP) is 0.438. The fraction of sp³-hybridized carbons (Fsp3) is 0.238. The lowest BCUT2D eigenvalue weighted by Crippen LogP contribution is -2.41.